The van der Waals surface area contributed by atoms with E-state index in [0.29, 0.717) is 12.0 Å². The van der Waals surface area contributed by atoms with Crippen molar-refractivity contribution in [2.24, 2.45) is 0 Å². The van der Waals surface area contributed by atoms with E-state index in [9.17, 15) is 13.5 Å². The van der Waals surface area contributed by atoms with Gasteiger partial charge < -0.3 is 5.11 Å². The summed E-state index contributed by atoms with van der Waals surface area (Å²) in [6.07, 6.45) is 0.260. The molecule has 2 aromatic rings. The summed E-state index contributed by atoms with van der Waals surface area (Å²) in [5.74, 6) is 0. The van der Waals surface area contributed by atoms with Crippen molar-refractivity contribution in [1.82, 2.24) is 0 Å². The minimum atomic E-state index is -3.64. The van der Waals surface area contributed by atoms with E-state index in [0.717, 1.165) is 12.0 Å². The lowest BCUT2D eigenvalue weighted by molar-refractivity contribution is 0.157. The Morgan fingerprint density at radius 3 is 2.14 bits per heavy atom. The fourth-order valence-electron chi connectivity index (χ4n) is 2.57. The Bertz CT molecular complexity index is 691. The lowest BCUT2D eigenvalue weighted by Gasteiger charge is -2.23. The number of hydrogen-bond donors (Lipinski definition) is 1. The van der Waals surface area contributed by atoms with E-state index in [-0.39, 0.29) is 4.90 Å². The van der Waals surface area contributed by atoms with Gasteiger partial charge in [0.25, 0.3) is 0 Å². The first-order chi connectivity index (χ1) is 10.5. The van der Waals surface area contributed by atoms with Crippen molar-refractivity contribution in [2.75, 3.05) is 0 Å². The van der Waals surface area contributed by atoms with Gasteiger partial charge in [-0.1, -0.05) is 61.4 Å². The number of hydrogen-bond acceptors (Lipinski definition) is 3. The van der Waals surface area contributed by atoms with Gasteiger partial charge >= 0.3 is 0 Å². The third-order valence-electron chi connectivity index (χ3n) is 3.75. The first-order valence-electron chi connectivity index (χ1n) is 7.50. The van der Waals surface area contributed by atoms with Gasteiger partial charge in [0.2, 0.25) is 0 Å². The van der Waals surface area contributed by atoms with E-state index >= 15 is 0 Å². The number of sulfone groups is 1. The van der Waals surface area contributed by atoms with Crippen molar-refractivity contribution >= 4 is 9.84 Å². The van der Waals surface area contributed by atoms with Gasteiger partial charge in [0.1, 0.15) is 5.25 Å². The van der Waals surface area contributed by atoms with Crippen LogP contribution in [0.4, 0.5) is 0 Å². The highest BCUT2D eigenvalue weighted by molar-refractivity contribution is 7.91. The average Bonchev–Trinajstić information content (AvgIpc) is 2.50. The fraction of sp³-hybridized carbons (Fsp3) is 0.333. The fourth-order valence-corrected chi connectivity index (χ4v) is 4.46. The summed E-state index contributed by atoms with van der Waals surface area (Å²) in [6.45, 7) is 3.89. The van der Waals surface area contributed by atoms with E-state index in [1.165, 1.54) is 0 Å². The Kier molecular flexibility index (Phi) is 5.37. The molecule has 0 aliphatic carbocycles. The van der Waals surface area contributed by atoms with Crippen LogP contribution in [0.1, 0.15) is 36.1 Å². The maximum atomic E-state index is 13.0. The van der Waals surface area contributed by atoms with Crippen LogP contribution in [0, 0.1) is 6.92 Å². The third kappa shape index (κ3) is 3.57. The molecule has 4 heteroatoms. The number of aliphatic hydroxyl groups excluding tert-OH is 1. The highest BCUT2D eigenvalue weighted by Crippen LogP contribution is 2.33. The van der Waals surface area contributed by atoms with Crippen molar-refractivity contribution in [1.29, 1.82) is 0 Å². The van der Waals surface area contributed by atoms with Crippen LogP contribution in [0.2, 0.25) is 0 Å². The van der Waals surface area contributed by atoms with Crippen molar-refractivity contribution in [3.63, 3.8) is 0 Å². The van der Waals surface area contributed by atoms with Gasteiger partial charge in [0.15, 0.2) is 9.84 Å². The summed E-state index contributed by atoms with van der Waals surface area (Å²) in [6, 6.07) is 15.7. The lowest BCUT2D eigenvalue weighted by atomic mass is 10.0. The molecule has 0 bridgehead atoms. The highest BCUT2D eigenvalue weighted by Gasteiger charge is 2.34. The molecule has 0 saturated carbocycles. The topological polar surface area (TPSA) is 54.4 Å². The van der Waals surface area contributed by atoms with Crippen LogP contribution in [0.15, 0.2) is 59.5 Å². The predicted molar refractivity (Wildman–Crippen MR) is 88.5 cm³/mol. The standard InChI is InChI=1S/C18H22O3S/c1-3-7-17(19)18(15-12-10-14(2)11-13-15)22(20,21)16-8-5-4-6-9-16/h4-6,8-13,17-19H,3,7H2,1-2H3. The van der Waals surface area contributed by atoms with Crippen LogP contribution in [0.3, 0.4) is 0 Å². The molecule has 0 amide bonds. The molecule has 0 fully saturated rings. The Hall–Kier alpha value is -1.65. The van der Waals surface area contributed by atoms with E-state index in [1.807, 2.05) is 26.0 Å². The average molecular weight is 318 g/mol. The van der Waals surface area contributed by atoms with Crippen LogP contribution in [-0.2, 0) is 9.84 Å². The van der Waals surface area contributed by atoms with Crippen LogP contribution in [-0.4, -0.2) is 19.6 Å². The largest absolute Gasteiger partial charge is 0.391 e. The molecule has 0 aliphatic rings. The molecule has 0 aromatic heterocycles. The Morgan fingerprint density at radius 1 is 1.00 bits per heavy atom. The second kappa shape index (κ2) is 7.07. The highest BCUT2D eigenvalue weighted by atomic mass is 32.2. The number of benzene rings is 2. The molecule has 0 heterocycles. The monoisotopic (exact) mass is 318 g/mol. The smallest absolute Gasteiger partial charge is 0.187 e. The summed E-state index contributed by atoms with van der Waals surface area (Å²) in [4.78, 5) is 0.246. The number of aryl methyl sites for hydroxylation is 1. The van der Waals surface area contributed by atoms with E-state index in [4.69, 9.17) is 0 Å². The van der Waals surface area contributed by atoms with Crippen molar-refractivity contribution < 1.29 is 13.5 Å². The minimum Gasteiger partial charge on any atom is -0.391 e. The van der Waals surface area contributed by atoms with Gasteiger partial charge in [-0.2, -0.15) is 0 Å². The molecule has 2 rings (SSSR count). The van der Waals surface area contributed by atoms with Crippen molar-refractivity contribution in [2.45, 2.75) is 42.9 Å². The summed E-state index contributed by atoms with van der Waals surface area (Å²) in [7, 11) is -3.64. The summed E-state index contributed by atoms with van der Waals surface area (Å²) < 4.78 is 25.9. The van der Waals surface area contributed by atoms with E-state index in [1.54, 1.807) is 42.5 Å². The summed E-state index contributed by atoms with van der Waals surface area (Å²) in [5, 5.41) is 9.51. The lowest BCUT2D eigenvalue weighted by Crippen LogP contribution is -2.26. The quantitative estimate of drug-likeness (QED) is 0.884. The van der Waals surface area contributed by atoms with Crippen LogP contribution in [0.25, 0.3) is 0 Å². The normalized spacial score (nSPS) is 14.5. The molecule has 118 valence electrons. The molecule has 1 N–H and O–H groups in total. The van der Waals surface area contributed by atoms with Gasteiger partial charge in [-0.3, -0.25) is 0 Å². The van der Waals surface area contributed by atoms with Gasteiger partial charge in [-0.05, 0) is 31.0 Å². The maximum Gasteiger partial charge on any atom is 0.187 e. The third-order valence-corrected chi connectivity index (χ3v) is 5.93. The SMILES string of the molecule is CCCC(O)C(c1ccc(C)cc1)S(=O)(=O)c1ccccc1. The molecule has 0 spiro atoms. The van der Waals surface area contributed by atoms with Gasteiger partial charge in [-0.15, -0.1) is 0 Å². The van der Waals surface area contributed by atoms with Crippen LogP contribution < -0.4 is 0 Å². The summed E-state index contributed by atoms with van der Waals surface area (Å²) in [5.41, 5.74) is 1.69. The Morgan fingerprint density at radius 2 is 1.59 bits per heavy atom. The zero-order chi connectivity index (χ0) is 16.2. The number of rotatable bonds is 6. The molecular formula is C18H22O3S. The first kappa shape index (κ1) is 16.7. The minimum absolute atomic E-state index is 0.246. The molecule has 0 radical (unpaired) electrons. The molecule has 3 nitrogen and oxygen atoms in total. The molecular weight excluding hydrogens is 296 g/mol. The molecule has 2 atom stereocenters. The van der Waals surface area contributed by atoms with E-state index in [2.05, 4.69) is 0 Å². The first-order valence-corrected chi connectivity index (χ1v) is 9.05. The molecule has 0 aliphatic heterocycles. The Balaban J connectivity index is 2.51. The molecule has 0 saturated heterocycles. The summed E-state index contributed by atoms with van der Waals surface area (Å²) >= 11 is 0. The van der Waals surface area contributed by atoms with Gasteiger partial charge in [0.05, 0.1) is 11.0 Å². The Labute approximate surface area is 132 Å². The van der Waals surface area contributed by atoms with Crippen molar-refractivity contribution in [3.05, 3.63) is 65.7 Å². The second-order valence-corrected chi connectivity index (χ2v) is 7.61. The molecule has 2 aromatic carbocycles. The second-order valence-electron chi connectivity index (χ2n) is 5.55. The van der Waals surface area contributed by atoms with Crippen LogP contribution in [0.5, 0.6) is 0 Å². The predicted octanol–water partition coefficient (Wildman–Crippen LogP) is 3.67. The maximum absolute atomic E-state index is 13.0. The number of aliphatic hydroxyl groups is 1. The van der Waals surface area contributed by atoms with Crippen molar-refractivity contribution in [3.8, 4) is 0 Å². The molecule has 2 unspecified atom stereocenters. The van der Waals surface area contributed by atoms with Crippen LogP contribution >= 0.6 is 0 Å². The zero-order valence-electron chi connectivity index (χ0n) is 12.9. The van der Waals surface area contributed by atoms with Gasteiger partial charge in [0, 0.05) is 0 Å². The molecule has 22 heavy (non-hydrogen) atoms. The zero-order valence-corrected chi connectivity index (χ0v) is 13.8. The van der Waals surface area contributed by atoms with E-state index < -0.39 is 21.2 Å². The van der Waals surface area contributed by atoms with Gasteiger partial charge in [-0.25, -0.2) is 8.42 Å².